The summed E-state index contributed by atoms with van der Waals surface area (Å²) in [6.45, 7) is 4.76. The van der Waals surface area contributed by atoms with Gasteiger partial charge in [0.15, 0.2) is 5.78 Å². The van der Waals surface area contributed by atoms with Crippen molar-refractivity contribution in [3.05, 3.63) is 41.5 Å². The van der Waals surface area contributed by atoms with E-state index >= 15 is 0 Å². The molecule has 1 aromatic rings. The highest BCUT2D eigenvalue weighted by Crippen LogP contribution is 2.66. The SMILES string of the molecule is C[C@H]1C[C@@H]2[C@H](CC[C@]3(C)[C@@H](O)CC[C@@H]23)[C@@]2(CO)CCC(=O)C(CSc3ccccc3)=C12. The zero-order valence-corrected chi connectivity index (χ0v) is 19.7. The quantitative estimate of drug-likeness (QED) is 0.627. The molecule has 4 heteroatoms. The molecule has 4 aliphatic rings. The summed E-state index contributed by atoms with van der Waals surface area (Å²) in [7, 11) is 0. The Hall–Kier alpha value is -1.10. The first kappa shape index (κ1) is 21.7. The van der Waals surface area contributed by atoms with Crippen molar-refractivity contribution < 1.29 is 15.0 Å². The van der Waals surface area contributed by atoms with Crippen LogP contribution in [0.2, 0.25) is 0 Å². The molecule has 3 nitrogen and oxygen atoms in total. The zero-order chi connectivity index (χ0) is 21.8. The van der Waals surface area contributed by atoms with E-state index in [1.807, 2.05) is 18.2 Å². The molecule has 0 amide bonds. The van der Waals surface area contributed by atoms with Gasteiger partial charge in [0.2, 0.25) is 0 Å². The molecule has 0 heterocycles. The fourth-order valence-corrected chi connectivity index (χ4v) is 9.14. The van der Waals surface area contributed by atoms with Gasteiger partial charge in [-0.15, -0.1) is 11.8 Å². The molecule has 7 atom stereocenters. The van der Waals surface area contributed by atoms with E-state index in [0.29, 0.717) is 41.6 Å². The van der Waals surface area contributed by atoms with Crippen molar-refractivity contribution in [3.8, 4) is 0 Å². The maximum atomic E-state index is 13.1. The first-order valence-corrected chi connectivity index (χ1v) is 13.1. The normalized spacial score (nSPS) is 42.2. The van der Waals surface area contributed by atoms with E-state index in [0.717, 1.165) is 44.1 Å². The van der Waals surface area contributed by atoms with Crippen LogP contribution in [0, 0.1) is 34.5 Å². The maximum absolute atomic E-state index is 13.1. The van der Waals surface area contributed by atoms with E-state index in [4.69, 9.17) is 0 Å². The molecule has 3 fully saturated rings. The number of fused-ring (bicyclic) bond motifs is 5. The Balaban J connectivity index is 1.52. The number of hydrogen-bond acceptors (Lipinski definition) is 4. The van der Waals surface area contributed by atoms with Crippen LogP contribution in [0.4, 0.5) is 0 Å². The lowest BCUT2D eigenvalue weighted by Gasteiger charge is -2.60. The largest absolute Gasteiger partial charge is 0.395 e. The van der Waals surface area contributed by atoms with Crippen LogP contribution in [0.5, 0.6) is 0 Å². The van der Waals surface area contributed by atoms with Gasteiger partial charge in [-0.3, -0.25) is 4.79 Å². The van der Waals surface area contributed by atoms with Crippen LogP contribution in [0.1, 0.15) is 58.8 Å². The molecule has 168 valence electrons. The molecule has 0 saturated heterocycles. The standard InChI is InChI=1S/C27H36O3S/c1-17-14-19-21-8-9-24(30)26(21,2)12-10-22(19)27(16-28)13-11-23(29)20(25(17)27)15-31-18-6-4-3-5-7-18/h3-7,17,19,21-22,24,28,30H,8-16H2,1-2H3/t17-,19-,21-,22-,24-,26-,27-/m0/s1. The van der Waals surface area contributed by atoms with E-state index in [1.54, 1.807) is 11.8 Å². The third-order valence-electron chi connectivity index (χ3n) is 9.62. The van der Waals surface area contributed by atoms with Crippen LogP contribution in [0.3, 0.4) is 0 Å². The molecule has 3 saturated carbocycles. The smallest absolute Gasteiger partial charge is 0.159 e. The van der Waals surface area contributed by atoms with Gasteiger partial charge in [0.1, 0.15) is 0 Å². The number of rotatable bonds is 4. The molecule has 31 heavy (non-hydrogen) atoms. The van der Waals surface area contributed by atoms with Crippen LogP contribution in [-0.2, 0) is 4.79 Å². The molecule has 0 aliphatic heterocycles. The Morgan fingerprint density at radius 3 is 2.61 bits per heavy atom. The van der Waals surface area contributed by atoms with E-state index in [-0.39, 0.29) is 23.5 Å². The minimum Gasteiger partial charge on any atom is -0.395 e. The number of aliphatic hydroxyl groups excluding tert-OH is 2. The van der Waals surface area contributed by atoms with E-state index in [1.165, 1.54) is 10.5 Å². The van der Waals surface area contributed by atoms with Gasteiger partial charge in [-0.05, 0) is 79.7 Å². The second-order valence-corrected chi connectivity index (χ2v) is 11.9. The average molecular weight is 441 g/mol. The zero-order valence-electron chi connectivity index (χ0n) is 18.8. The number of thioether (sulfide) groups is 1. The number of carbonyl (C=O) groups excluding carboxylic acids is 1. The number of carbonyl (C=O) groups is 1. The van der Waals surface area contributed by atoms with E-state index < -0.39 is 0 Å². The van der Waals surface area contributed by atoms with Gasteiger partial charge >= 0.3 is 0 Å². The molecular formula is C27H36O3S. The summed E-state index contributed by atoms with van der Waals surface area (Å²) < 4.78 is 0. The topological polar surface area (TPSA) is 57.5 Å². The Labute approximate surface area is 190 Å². The van der Waals surface area contributed by atoms with Crippen LogP contribution in [-0.4, -0.2) is 34.5 Å². The van der Waals surface area contributed by atoms with Gasteiger partial charge < -0.3 is 10.2 Å². The summed E-state index contributed by atoms with van der Waals surface area (Å²) in [6, 6.07) is 10.3. The Bertz CT molecular complexity index is 880. The van der Waals surface area contributed by atoms with E-state index in [2.05, 4.69) is 26.0 Å². The van der Waals surface area contributed by atoms with Crippen molar-refractivity contribution in [1.82, 2.24) is 0 Å². The molecule has 0 unspecified atom stereocenters. The summed E-state index contributed by atoms with van der Waals surface area (Å²) in [5.74, 6) is 2.87. The maximum Gasteiger partial charge on any atom is 0.159 e. The summed E-state index contributed by atoms with van der Waals surface area (Å²) in [4.78, 5) is 14.3. The van der Waals surface area contributed by atoms with Crippen LogP contribution in [0.25, 0.3) is 0 Å². The van der Waals surface area contributed by atoms with Gasteiger partial charge in [0, 0.05) is 28.1 Å². The monoisotopic (exact) mass is 440 g/mol. The number of aliphatic hydroxyl groups is 2. The summed E-state index contributed by atoms with van der Waals surface area (Å²) >= 11 is 1.75. The van der Waals surface area contributed by atoms with Crippen LogP contribution < -0.4 is 0 Å². The van der Waals surface area contributed by atoms with Gasteiger partial charge in [-0.1, -0.05) is 37.6 Å². The summed E-state index contributed by atoms with van der Waals surface area (Å²) in [5.41, 5.74) is 2.09. The van der Waals surface area contributed by atoms with Gasteiger partial charge in [0.25, 0.3) is 0 Å². The lowest BCUT2D eigenvalue weighted by Crippen LogP contribution is -2.56. The van der Waals surface area contributed by atoms with Crippen molar-refractivity contribution >= 4 is 17.5 Å². The first-order chi connectivity index (χ1) is 14.9. The molecule has 4 aliphatic carbocycles. The van der Waals surface area contributed by atoms with Crippen molar-refractivity contribution in [2.45, 2.75) is 69.8 Å². The molecule has 0 spiro atoms. The minimum absolute atomic E-state index is 0.0369. The van der Waals surface area contributed by atoms with Crippen molar-refractivity contribution in [1.29, 1.82) is 0 Å². The molecule has 1 aromatic carbocycles. The van der Waals surface area contributed by atoms with Crippen LogP contribution >= 0.6 is 11.8 Å². The van der Waals surface area contributed by atoms with Gasteiger partial charge in [-0.2, -0.15) is 0 Å². The van der Waals surface area contributed by atoms with Gasteiger partial charge in [0.05, 0.1) is 12.7 Å². The van der Waals surface area contributed by atoms with E-state index in [9.17, 15) is 15.0 Å². The third kappa shape index (κ3) is 3.28. The molecule has 5 rings (SSSR count). The molecule has 2 N–H and O–H groups in total. The number of Topliss-reactive ketones (excluding diaryl/α,β-unsaturated/α-hetero) is 1. The summed E-state index contributed by atoms with van der Waals surface area (Å²) in [6.07, 6.45) is 6.43. The fraction of sp³-hybridized carbons (Fsp3) is 0.667. The van der Waals surface area contributed by atoms with Crippen molar-refractivity contribution in [3.63, 3.8) is 0 Å². The number of benzene rings is 1. The second kappa shape index (κ2) is 8.04. The van der Waals surface area contributed by atoms with Gasteiger partial charge in [-0.25, -0.2) is 0 Å². The highest BCUT2D eigenvalue weighted by molar-refractivity contribution is 7.99. The summed E-state index contributed by atoms with van der Waals surface area (Å²) in [5, 5.41) is 21.6. The molecule has 0 bridgehead atoms. The highest BCUT2D eigenvalue weighted by Gasteiger charge is 2.61. The Morgan fingerprint density at radius 1 is 1.10 bits per heavy atom. The lowest BCUT2D eigenvalue weighted by atomic mass is 9.44. The number of ketones is 1. The lowest BCUT2D eigenvalue weighted by molar-refractivity contribution is -0.123. The minimum atomic E-state index is -0.238. The molecule has 0 radical (unpaired) electrons. The predicted molar refractivity (Wildman–Crippen MR) is 125 cm³/mol. The highest BCUT2D eigenvalue weighted by atomic mass is 32.2. The Morgan fingerprint density at radius 2 is 1.87 bits per heavy atom. The van der Waals surface area contributed by atoms with Crippen molar-refractivity contribution in [2.24, 2.45) is 34.5 Å². The third-order valence-corrected chi connectivity index (χ3v) is 10.7. The van der Waals surface area contributed by atoms with Crippen molar-refractivity contribution in [2.75, 3.05) is 12.4 Å². The van der Waals surface area contributed by atoms with Crippen LogP contribution in [0.15, 0.2) is 46.4 Å². The Kier molecular flexibility index (Phi) is 5.64. The first-order valence-electron chi connectivity index (χ1n) is 12.1. The molecule has 0 aromatic heterocycles. The number of hydrogen-bond donors (Lipinski definition) is 2. The second-order valence-electron chi connectivity index (χ2n) is 10.9. The fourth-order valence-electron chi connectivity index (χ4n) is 8.16. The average Bonchev–Trinajstić information content (AvgIpc) is 3.08. The molecular weight excluding hydrogens is 404 g/mol. The predicted octanol–water partition coefficient (Wildman–Crippen LogP) is 5.26.